The highest BCUT2D eigenvalue weighted by Crippen LogP contribution is 2.16. The molecule has 4 nitrogen and oxygen atoms in total. The average Bonchev–Trinajstić information content (AvgIpc) is 2.25. The summed E-state index contributed by atoms with van der Waals surface area (Å²) in [5.74, 6) is -0.823. The van der Waals surface area contributed by atoms with Crippen LogP contribution in [0.15, 0.2) is 0 Å². The molecule has 0 rings (SSSR count). The van der Waals surface area contributed by atoms with Crippen LogP contribution in [0.1, 0.15) is 53.4 Å². The molecule has 0 aromatic heterocycles. The molecule has 0 saturated heterocycles. The molecule has 0 saturated carbocycles. The number of nitrogens with one attached hydrogen (secondary N) is 1. The van der Waals surface area contributed by atoms with Crippen LogP contribution >= 0.6 is 0 Å². The van der Waals surface area contributed by atoms with Crippen molar-refractivity contribution in [1.29, 1.82) is 0 Å². The predicted molar refractivity (Wildman–Crippen MR) is 63.2 cm³/mol. The van der Waals surface area contributed by atoms with E-state index in [9.17, 15) is 9.59 Å². The van der Waals surface area contributed by atoms with E-state index < -0.39 is 11.5 Å². The molecule has 0 spiro atoms. The van der Waals surface area contributed by atoms with E-state index in [2.05, 4.69) is 5.32 Å². The molecule has 1 unspecified atom stereocenters. The summed E-state index contributed by atoms with van der Waals surface area (Å²) >= 11 is 0. The van der Waals surface area contributed by atoms with E-state index in [1.807, 2.05) is 13.8 Å². The summed E-state index contributed by atoms with van der Waals surface area (Å²) in [7, 11) is 0. The van der Waals surface area contributed by atoms with Gasteiger partial charge in [-0.2, -0.15) is 0 Å². The molecule has 1 amide bonds. The smallest absolute Gasteiger partial charge is 0.329 e. The first-order valence-electron chi connectivity index (χ1n) is 5.96. The van der Waals surface area contributed by atoms with Crippen LogP contribution in [0.3, 0.4) is 0 Å². The monoisotopic (exact) mass is 229 g/mol. The Kier molecular flexibility index (Phi) is 6.08. The Bertz CT molecular complexity index is 247. The minimum Gasteiger partial charge on any atom is -0.480 e. The first-order valence-corrected chi connectivity index (χ1v) is 5.96. The first kappa shape index (κ1) is 14.9. The summed E-state index contributed by atoms with van der Waals surface area (Å²) in [4.78, 5) is 22.8. The molecule has 0 heterocycles. The molecule has 94 valence electrons. The topological polar surface area (TPSA) is 66.4 Å². The lowest BCUT2D eigenvalue weighted by molar-refractivity contribution is -0.148. The summed E-state index contributed by atoms with van der Waals surface area (Å²) in [5, 5.41) is 11.8. The molecule has 0 aliphatic rings. The number of carboxylic acid groups (broad SMARTS) is 1. The number of hydrogen-bond acceptors (Lipinski definition) is 2. The van der Waals surface area contributed by atoms with Crippen LogP contribution in [0, 0.1) is 5.92 Å². The normalized spacial score (nSPS) is 13.2. The number of carboxylic acids is 1. The molecule has 16 heavy (non-hydrogen) atoms. The van der Waals surface area contributed by atoms with Crippen molar-refractivity contribution in [3.63, 3.8) is 0 Å². The molecule has 0 aromatic rings. The van der Waals surface area contributed by atoms with Gasteiger partial charge in [-0.1, -0.05) is 34.1 Å². The van der Waals surface area contributed by atoms with Gasteiger partial charge in [0.1, 0.15) is 5.54 Å². The summed E-state index contributed by atoms with van der Waals surface area (Å²) in [6, 6.07) is 0. The third kappa shape index (κ3) is 3.83. The molecule has 0 aliphatic carbocycles. The van der Waals surface area contributed by atoms with Crippen molar-refractivity contribution in [3.8, 4) is 0 Å². The maximum atomic E-state index is 11.7. The van der Waals surface area contributed by atoms with Gasteiger partial charge in [-0.05, 0) is 18.8 Å². The van der Waals surface area contributed by atoms with Gasteiger partial charge in [0, 0.05) is 6.42 Å². The zero-order valence-electron chi connectivity index (χ0n) is 10.7. The lowest BCUT2D eigenvalue weighted by Crippen LogP contribution is -2.53. The van der Waals surface area contributed by atoms with Crippen molar-refractivity contribution in [2.24, 2.45) is 5.92 Å². The minimum atomic E-state index is -1.09. The largest absolute Gasteiger partial charge is 0.480 e. The van der Waals surface area contributed by atoms with Crippen LogP contribution in [0.5, 0.6) is 0 Å². The molecule has 0 fully saturated rings. The van der Waals surface area contributed by atoms with Crippen molar-refractivity contribution < 1.29 is 14.7 Å². The Balaban J connectivity index is 4.52. The first-order chi connectivity index (χ1) is 7.41. The van der Waals surface area contributed by atoms with Gasteiger partial charge in [-0.25, -0.2) is 4.79 Å². The van der Waals surface area contributed by atoms with Crippen LogP contribution < -0.4 is 5.32 Å². The fourth-order valence-electron chi connectivity index (χ4n) is 1.56. The summed E-state index contributed by atoms with van der Waals surface area (Å²) in [6.07, 6.45) is 2.13. The molecule has 4 heteroatoms. The van der Waals surface area contributed by atoms with Crippen molar-refractivity contribution in [2.45, 2.75) is 58.9 Å². The number of aliphatic carboxylic acids is 1. The Morgan fingerprint density at radius 2 is 1.75 bits per heavy atom. The van der Waals surface area contributed by atoms with E-state index in [4.69, 9.17) is 5.11 Å². The predicted octanol–water partition coefficient (Wildman–Crippen LogP) is 2.18. The maximum Gasteiger partial charge on any atom is 0.329 e. The van der Waals surface area contributed by atoms with Crippen molar-refractivity contribution >= 4 is 11.9 Å². The van der Waals surface area contributed by atoms with Crippen molar-refractivity contribution in [2.75, 3.05) is 0 Å². The zero-order chi connectivity index (χ0) is 12.8. The molecule has 1 atom stereocenters. The van der Waals surface area contributed by atoms with Crippen LogP contribution in [0.25, 0.3) is 0 Å². The molecular weight excluding hydrogens is 206 g/mol. The standard InChI is InChI=1S/C12H23NO3/c1-5-9(4)8-10(14)13-12(6-2,7-3)11(15)16/h9H,5-8H2,1-4H3,(H,13,14)(H,15,16). The highest BCUT2D eigenvalue weighted by Gasteiger charge is 2.36. The Labute approximate surface area is 97.4 Å². The van der Waals surface area contributed by atoms with Gasteiger partial charge in [0.15, 0.2) is 0 Å². The fourth-order valence-corrected chi connectivity index (χ4v) is 1.56. The maximum absolute atomic E-state index is 11.7. The van der Waals surface area contributed by atoms with Crippen LogP contribution in [-0.4, -0.2) is 22.5 Å². The summed E-state index contributed by atoms with van der Waals surface area (Å²) < 4.78 is 0. The Hall–Kier alpha value is -1.06. The van der Waals surface area contributed by atoms with E-state index in [-0.39, 0.29) is 5.91 Å². The van der Waals surface area contributed by atoms with Crippen molar-refractivity contribution in [3.05, 3.63) is 0 Å². The van der Waals surface area contributed by atoms with Gasteiger partial charge in [0.2, 0.25) is 5.91 Å². The SMILES string of the molecule is CCC(C)CC(=O)NC(CC)(CC)C(=O)O. The van der Waals surface area contributed by atoms with Crippen LogP contribution in [-0.2, 0) is 9.59 Å². The van der Waals surface area contributed by atoms with E-state index >= 15 is 0 Å². The molecule has 0 aliphatic heterocycles. The van der Waals surface area contributed by atoms with Gasteiger partial charge in [-0.3, -0.25) is 4.79 Å². The number of carbonyl (C=O) groups is 2. The van der Waals surface area contributed by atoms with E-state index in [0.29, 0.717) is 25.2 Å². The lowest BCUT2D eigenvalue weighted by atomic mass is 9.92. The highest BCUT2D eigenvalue weighted by molar-refractivity contribution is 5.87. The number of rotatable bonds is 7. The van der Waals surface area contributed by atoms with E-state index in [0.717, 1.165) is 6.42 Å². The second-order valence-corrected chi connectivity index (χ2v) is 4.36. The number of carbonyl (C=O) groups excluding carboxylic acids is 1. The third-order valence-corrected chi connectivity index (χ3v) is 3.23. The van der Waals surface area contributed by atoms with Crippen LogP contribution in [0.4, 0.5) is 0 Å². The quantitative estimate of drug-likeness (QED) is 0.703. The van der Waals surface area contributed by atoms with Gasteiger partial charge < -0.3 is 10.4 Å². The van der Waals surface area contributed by atoms with Gasteiger partial charge in [-0.15, -0.1) is 0 Å². The van der Waals surface area contributed by atoms with E-state index in [1.54, 1.807) is 13.8 Å². The average molecular weight is 229 g/mol. The lowest BCUT2D eigenvalue weighted by Gasteiger charge is -2.28. The molecule has 0 radical (unpaired) electrons. The second-order valence-electron chi connectivity index (χ2n) is 4.36. The molecular formula is C12H23NO3. The number of hydrogen-bond donors (Lipinski definition) is 2. The third-order valence-electron chi connectivity index (χ3n) is 3.23. The number of amides is 1. The Morgan fingerprint density at radius 3 is 2.06 bits per heavy atom. The van der Waals surface area contributed by atoms with Crippen molar-refractivity contribution in [1.82, 2.24) is 5.32 Å². The van der Waals surface area contributed by atoms with Gasteiger partial charge in [0.25, 0.3) is 0 Å². The van der Waals surface area contributed by atoms with E-state index in [1.165, 1.54) is 0 Å². The summed E-state index contributed by atoms with van der Waals surface area (Å²) in [5.41, 5.74) is -1.09. The van der Waals surface area contributed by atoms with Gasteiger partial charge in [0.05, 0.1) is 0 Å². The Morgan fingerprint density at radius 1 is 1.25 bits per heavy atom. The zero-order valence-corrected chi connectivity index (χ0v) is 10.7. The molecule has 2 N–H and O–H groups in total. The molecule has 0 bridgehead atoms. The highest BCUT2D eigenvalue weighted by atomic mass is 16.4. The minimum absolute atomic E-state index is 0.166. The van der Waals surface area contributed by atoms with Gasteiger partial charge >= 0.3 is 5.97 Å². The second kappa shape index (κ2) is 6.51. The molecule has 0 aromatic carbocycles. The van der Waals surface area contributed by atoms with Crippen LogP contribution in [0.2, 0.25) is 0 Å². The summed E-state index contributed by atoms with van der Waals surface area (Å²) in [6.45, 7) is 7.56. The fraction of sp³-hybridized carbons (Fsp3) is 0.833.